The summed E-state index contributed by atoms with van der Waals surface area (Å²) in [5, 5.41) is 3.50. The Bertz CT molecular complexity index is 1070. The quantitative estimate of drug-likeness (QED) is 0.639. The van der Waals surface area contributed by atoms with Crippen LogP contribution in [0.2, 0.25) is 5.02 Å². The molecule has 0 radical (unpaired) electrons. The van der Waals surface area contributed by atoms with Crippen molar-refractivity contribution in [3.05, 3.63) is 94.5 Å². The molecule has 0 aliphatic carbocycles. The molecule has 158 valence electrons. The van der Waals surface area contributed by atoms with Crippen molar-refractivity contribution in [2.45, 2.75) is 6.92 Å². The molecule has 1 aliphatic rings. The second kappa shape index (κ2) is 9.23. The van der Waals surface area contributed by atoms with Gasteiger partial charge >= 0.3 is 0 Å². The molecule has 1 N–H and O–H groups in total. The Morgan fingerprint density at radius 2 is 1.48 bits per heavy atom. The third kappa shape index (κ3) is 4.89. The van der Waals surface area contributed by atoms with Crippen LogP contribution >= 0.6 is 11.6 Å². The molecule has 5 nitrogen and oxygen atoms in total. The van der Waals surface area contributed by atoms with Crippen LogP contribution in [-0.2, 0) is 0 Å². The highest BCUT2D eigenvalue weighted by molar-refractivity contribution is 6.30. The molecule has 0 bridgehead atoms. The molecule has 0 spiro atoms. The predicted molar refractivity (Wildman–Crippen MR) is 125 cm³/mol. The smallest absolute Gasteiger partial charge is 0.255 e. The standard InChI is InChI=1S/C25H24ClN3O2/c1-18-4-2-3-5-23(18)25(31)29-16-14-28(15-17-29)22-12-10-21(11-13-22)27-24(30)19-6-8-20(26)9-7-19/h2-13H,14-17H2,1H3,(H,27,30). The van der Waals surface area contributed by atoms with Gasteiger partial charge in [0.25, 0.3) is 11.8 Å². The molecule has 1 saturated heterocycles. The van der Waals surface area contributed by atoms with Gasteiger partial charge in [0.15, 0.2) is 0 Å². The van der Waals surface area contributed by atoms with Crippen molar-refractivity contribution in [2.24, 2.45) is 0 Å². The number of halogens is 1. The van der Waals surface area contributed by atoms with Gasteiger partial charge in [-0.05, 0) is 67.1 Å². The number of rotatable bonds is 4. The molecule has 6 heteroatoms. The molecule has 2 amide bonds. The van der Waals surface area contributed by atoms with Crippen LogP contribution in [0, 0.1) is 6.92 Å². The number of anilines is 2. The van der Waals surface area contributed by atoms with Gasteiger partial charge in [-0.15, -0.1) is 0 Å². The highest BCUT2D eigenvalue weighted by Crippen LogP contribution is 2.21. The van der Waals surface area contributed by atoms with Gasteiger partial charge in [0.2, 0.25) is 0 Å². The van der Waals surface area contributed by atoms with Crippen LogP contribution in [0.1, 0.15) is 26.3 Å². The van der Waals surface area contributed by atoms with E-state index < -0.39 is 0 Å². The minimum atomic E-state index is -0.173. The summed E-state index contributed by atoms with van der Waals surface area (Å²) >= 11 is 5.87. The summed E-state index contributed by atoms with van der Waals surface area (Å²) in [7, 11) is 0. The van der Waals surface area contributed by atoms with E-state index in [0.29, 0.717) is 23.7 Å². The number of nitrogens with one attached hydrogen (secondary N) is 1. The van der Waals surface area contributed by atoms with E-state index in [1.807, 2.05) is 60.4 Å². The number of carbonyl (C=O) groups is 2. The van der Waals surface area contributed by atoms with Crippen LogP contribution < -0.4 is 10.2 Å². The summed E-state index contributed by atoms with van der Waals surface area (Å²) in [5.74, 6) is -0.0780. The molecule has 1 aliphatic heterocycles. The van der Waals surface area contributed by atoms with Gasteiger partial charge < -0.3 is 15.1 Å². The molecule has 0 aromatic heterocycles. The molecule has 0 atom stereocenters. The highest BCUT2D eigenvalue weighted by atomic mass is 35.5. The first-order valence-electron chi connectivity index (χ1n) is 10.3. The van der Waals surface area contributed by atoms with Crippen LogP contribution in [-0.4, -0.2) is 42.9 Å². The van der Waals surface area contributed by atoms with Gasteiger partial charge in [0, 0.05) is 53.7 Å². The largest absolute Gasteiger partial charge is 0.368 e. The zero-order valence-electron chi connectivity index (χ0n) is 17.3. The first-order chi connectivity index (χ1) is 15.0. The first-order valence-corrected chi connectivity index (χ1v) is 10.7. The molecule has 4 rings (SSSR count). The summed E-state index contributed by atoms with van der Waals surface area (Å²) in [6, 6.07) is 22.3. The fourth-order valence-corrected chi connectivity index (χ4v) is 3.84. The zero-order chi connectivity index (χ0) is 21.8. The second-order valence-electron chi connectivity index (χ2n) is 7.60. The van der Waals surface area contributed by atoms with Crippen molar-refractivity contribution in [2.75, 3.05) is 36.4 Å². The predicted octanol–water partition coefficient (Wildman–Crippen LogP) is 4.86. The summed E-state index contributed by atoms with van der Waals surface area (Å²) in [6.07, 6.45) is 0. The molecule has 3 aromatic rings. The van der Waals surface area contributed by atoms with E-state index in [0.717, 1.165) is 35.6 Å². The van der Waals surface area contributed by atoms with E-state index in [1.54, 1.807) is 24.3 Å². The lowest BCUT2D eigenvalue weighted by atomic mass is 10.1. The Balaban J connectivity index is 1.34. The van der Waals surface area contributed by atoms with E-state index in [2.05, 4.69) is 10.2 Å². The number of aryl methyl sites for hydroxylation is 1. The Morgan fingerprint density at radius 3 is 2.13 bits per heavy atom. The van der Waals surface area contributed by atoms with Gasteiger partial charge in [-0.1, -0.05) is 29.8 Å². The number of carbonyl (C=O) groups excluding carboxylic acids is 2. The van der Waals surface area contributed by atoms with Crippen LogP contribution in [0.4, 0.5) is 11.4 Å². The van der Waals surface area contributed by atoms with Crippen LogP contribution in [0.5, 0.6) is 0 Å². The Kier molecular flexibility index (Phi) is 6.23. The van der Waals surface area contributed by atoms with E-state index >= 15 is 0 Å². The lowest BCUT2D eigenvalue weighted by Gasteiger charge is -2.36. The number of hydrogen-bond acceptors (Lipinski definition) is 3. The molecule has 1 fully saturated rings. The maximum Gasteiger partial charge on any atom is 0.255 e. The van der Waals surface area contributed by atoms with E-state index in [9.17, 15) is 9.59 Å². The highest BCUT2D eigenvalue weighted by Gasteiger charge is 2.23. The zero-order valence-corrected chi connectivity index (χ0v) is 18.1. The Hall–Kier alpha value is -3.31. The number of nitrogens with zero attached hydrogens (tertiary/aromatic N) is 2. The van der Waals surface area contributed by atoms with Gasteiger partial charge in [-0.3, -0.25) is 9.59 Å². The van der Waals surface area contributed by atoms with Crippen LogP contribution in [0.25, 0.3) is 0 Å². The summed E-state index contributed by atoms with van der Waals surface area (Å²) in [6.45, 7) is 4.88. The first kappa shape index (κ1) is 20.9. The van der Waals surface area contributed by atoms with Crippen LogP contribution in [0.3, 0.4) is 0 Å². The number of hydrogen-bond donors (Lipinski definition) is 1. The summed E-state index contributed by atoms with van der Waals surface area (Å²) < 4.78 is 0. The van der Waals surface area contributed by atoms with Crippen molar-refractivity contribution in [3.63, 3.8) is 0 Å². The monoisotopic (exact) mass is 433 g/mol. The number of benzene rings is 3. The lowest BCUT2D eigenvalue weighted by molar-refractivity contribution is 0.0746. The summed E-state index contributed by atoms with van der Waals surface area (Å²) in [5.41, 5.74) is 4.15. The third-order valence-electron chi connectivity index (χ3n) is 5.54. The van der Waals surface area contributed by atoms with Gasteiger partial charge in [0.05, 0.1) is 0 Å². The number of amides is 2. The maximum absolute atomic E-state index is 12.8. The second-order valence-corrected chi connectivity index (χ2v) is 8.04. The van der Waals surface area contributed by atoms with Crippen molar-refractivity contribution in [1.82, 2.24) is 4.90 Å². The fourth-order valence-electron chi connectivity index (χ4n) is 3.71. The third-order valence-corrected chi connectivity index (χ3v) is 5.79. The molecule has 0 unspecified atom stereocenters. The van der Waals surface area contributed by atoms with Crippen molar-refractivity contribution < 1.29 is 9.59 Å². The molecule has 1 heterocycles. The molecule has 0 saturated carbocycles. The normalized spacial score (nSPS) is 13.7. The SMILES string of the molecule is Cc1ccccc1C(=O)N1CCN(c2ccc(NC(=O)c3ccc(Cl)cc3)cc2)CC1. The van der Waals surface area contributed by atoms with Crippen molar-refractivity contribution in [3.8, 4) is 0 Å². The average molecular weight is 434 g/mol. The van der Waals surface area contributed by atoms with E-state index in [-0.39, 0.29) is 11.8 Å². The van der Waals surface area contributed by atoms with E-state index in [1.165, 1.54) is 0 Å². The minimum Gasteiger partial charge on any atom is -0.368 e. The number of piperazine rings is 1. The van der Waals surface area contributed by atoms with Crippen molar-refractivity contribution >= 4 is 34.8 Å². The van der Waals surface area contributed by atoms with Crippen molar-refractivity contribution in [1.29, 1.82) is 0 Å². The molecule has 3 aromatic carbocycles. The Labute approximate surface area is 187 Å². The summed E-state index contributed by atoms with van der Waals surface area (Å²) in [4.78, 5) is 29.3. The average Bonchev–Trinajstić information content (AvgIpc) is 2.80. The minimum absolute atomic E-state index is 0.0954. The fraction of sp³-hybridized carbons (Fsp3) is 0.200. The van der Waals surface area contributed by atoms with Gasteiger partial charge in [0.1, 0.15) is 0 Å². The van der Waals surface area contributed by atoms with E-state index in [4.69, 9.17) is 11.6 Å². The van der Waals surface area contributed by atoms with Crippen LogP contribution in [0.15, 0.2) is 72.8 Å². The maximum atomic E-state index is 12.8. The molecule has 31 heavy (non-hydrogen) atoms. The molecular weight excluding hydrogens is 410 g/mol. The molecular formula is C25H24ClN3O2. The van der Waals surface area contributed by atoms with Gasteiger partial charge in [-0.2, -0.15) is 0 Å². The van der Waals surface area contributed by atoms with Gasteiger partial charge in [-0.25, -0.2) is 0 Å². The topological polar surface area (TPSA) is 52.7 Å². The Morgan fingerprint density at radius 1 is 0.839 bits per heavy atom. The lowest BCUT2D eigenvalue weighted by Crippen LogP contribution is -2.48.